The molecule has 1 saturated carbocycles. The number of piperazine rings is 1. The minimum absolute atomic E-state index is 0.251. The molecule has 0 unspecified atom stereocenters. The molecule has 0 bridgehead atoms. The molecule has 2 heterocycles. The van der Waals surface area contributed by atoms with Crippen molar-refractivity contribution in [2.24, 2.45) is 0 Å². The number of thiazole rings is 1. The Balaban J connectivity index is 1.43. The molecule has 6 heteroatoms. The van der Waals surface area contributed by atoms with E-state index in [1.807, 2.05) is 4.90 Å². The van der Waals surface area contributed by atoms with Crippen molar-refractivity contribution in [3.05, 3.63) is 16.1 Å². The fourth-order valence-corrected chi connectivity index (χ4v) is 3.74. The summed E-state index contributed by atoms with van der Waals surface area (Å²) in [6, 6.07) is 0. The second-order valence-electron chi connectivity index (χ2n) is 5.89. The Bertz CT molecular complexity index is 481. The summed E-state index contributed by atoms with van der Waals surface area (Å²) in [5, 5.41) is 3.44. The Kier molecular flexibility index (Phi) is 5.14. The van der Waals surface area contributed by atoms with E-state index in [1.165, 1.54) is 23.5 Å². The summed E-state index contributed by atoms with van der Waals surface area (Å²) >= 11 is 7.42. The molecule has 0 spiro atoms. The van der Waals surface area contributed by atoms with Gasteiger partial charge in [-0.1, -0.05) is 0 Å². The molecule has 21 heavy (non-hydrogen) atoms. The standard InChI is InChI=1S/C15H22ClN3OS/c16-5-1-2-15(20)19-8-6-18(7-9-19)10-14-17-13(11-21-14)12-3-4-12/h11-12H,1-10H2. The first kappa shape index (κ1) is 15.3. The quantitative estimate of drug-likeness (QED) is 0.754. The third kappa shape index (κ3) is 4.18. The van der Waals surface area contributed by atoms with E-state index in [9.17, 15) is 4.79 Å². The Morgan fingerprint density at radius 1 is 1.33 bits per heavy atom. The fourth-order valence-electron chi connectivity index (χ4n) is 2.69. The Labute approximate surface area is 135 Å². The highest BCUT2D eigenvalue weighted by atomic mass is 35.5. The summed E-state index contributed by atoms with van der Waals surface area (Å²) in [6.45, 7) is 4.50. The first-order valence-electron chi connectivity index (χ1n) is 7.76. The van der Waals surface area contributed by atoms with Crippen LogP contribution in [0.2, 0.25) is 0 Å². The van der Waals surface area contributed by atoms with Crippen LogP contribution in [0.5, 0.6) is 0 Å². The van der Waals surface area contributed by atoms with Crippen LogP contribution < -0.4 is 0 Å². The molecule has 116 valence electrons. The molecule has 2 aliphatic rings. The number of rotatable bonds is 6. The molecule has 0 N–H and O–H groups in total. The van der Waals surface area contributed by atoms with Crippen molar-refractivity contribution in [3.8, 4) is 0 Å². The van der Waals surface area contributed by atoms with Gasteiger partial charge in [-0.25, -0.2) is 4.98 Å². The highest BCUT2D eigenvalue weighted by Gasteiger charge is 2.26. The summed E-state index contributed by atoms with van der Waals surface area (Å²) in [6.07, 6.45) is 3.99. The van der Waals surface area contributed by atoms with Gasteiger partial charge in [0.1, 0.15) is 5.01 Å². The number of aromatic nitrogens is 1. The van der Waals surface area contributed by atoms with Crippen molar-refractivity contribution < 1.29 is 4.79 Å². The largest absolute Gasteiger partial charge is 0.340 e. The van der Waals surface area contributed by atoms with Crippen LogP contribution in [0.4, 0.5) is 0 Å². The van der Waals surface area contributed by atoms with E-state index in [4.69, 9.17) is 16.6 Å². The fraction of sp³-hybridized carbons (Fsp3) is 0.733. The highest BCUT2D eigenvalue weighted by molar-refractivity contribution is 7.09. The van der Waals surface area contributed by atoms with Crippen LogP contribution in [-0.4, -0.2) is 52.8 Å². The molecule has 0 aromatic carbocycles. The zero-order valence-electron chi connectivity index (χ0n) is 12.3. The van der Waals surface area contributed by atoms with E-state index in [2.05, 4.69) is 10.3 Å². The molecule has 2 fully saturated rings. The number of halogens is 1. The van der Waals surface area contributed by atoms with E-state index < -0.39 is 0 Å². The minimum atomic E-state index is 0.251. The first-order valence-corrected chi connectivity index (χ1v) is 9.18. The van der Waals surface area contributed by atoms with E-state index >= 15 is 0 Å². The van der Waals surface area contributed by atoms with Gasteiger partial charge in [-0.05, 0) is 19.3 Å². The van der Waals surface area contributed by atoms with Gasteiger partial charge < -0.3 is 4.90 Å². The molecule has 1 aliphatic carbocycles. The topological polar surface area (TPSA) is 36.4 Å². The van der Waals surface area contributed by atoms with Gasteiger partial charge in [-0.3, -0.25) is 9.69 Å². The van der Waals surface area contributed by atoms with Crippen LogP contribution in [0.1, 0.15) is 42.3 Å². The van der Waals surface area contributed by atoms with E-state index in [0.717, 1.165) is 45.1 Å². The van der Waals surface area contributed by atoms with Crippen molar-refractivity contribution in [2.75, 3.05) is 32.1 Å². The predicted molar refractivity (Wildman–Crippen MR) is 85.9 cm³/mol. The highest BCUT2D eigenvalue weighted by Crippen LogP contribution is 2.40. The third-order valence-electron chi connectivity index (χ3n) is 4.17. The predicted octanol–water partition coefficient (Wildman–Crippen LogP) is 2.68. The van der Waals surface area contributed by atoms with Gasteiger partial charge in [-0.2, -0.15) is 0 Å². The van der Waals surface area contributed by atoms with Crippen LogP contribution in [0.3, 0.4) is 0 Å². The zero-order valence-corrected chi connectivity index (χ0v) is 13.8. The first-order chi connectivity index (χ1) is 10.3. The number of hydrogen-bond acceptors (Lipinski definition) is 4. The van der Waals surface area contributed by atoms with Crippen molar-refractivity contribution in [2.45, 2.75) is 38.1 Å². The molecule has 0 atom stereocenters. The maximum Gasteiger partial charge on any atom is 0.222 e. The molecule has 1 aromatic rings. The molecular formula is C15H22ClN3OS. The van der Waals surface area contributed by atoms with E-state index in [-0.39, 0.29) is 5.91 Å². The summed E-state index contributed by atoms with van der Waals surface area (Å²) in [5.41, 5.74) is 1.30. The van der Waals surface area contributed by atoms with E-state index in [0.29, 0.717) is 12.3 Å². The molecule has 1 amide bonds. The van der Waals surface area contributed by atoms with Crippen LogP contribution in [0, 0.1) is 0 Å². The second-order valence-corrected chi connectivity index (χ2v) is 7.21. The van der Waals surface area contributed by atoms with Gasteiger partial charge in [0.2, 0.25) is 5.91 Å². The summed E-state index contributed by atoms with van der Waals surface area (Å²) < 4.78 is 0. The number of nitrogens with zero attached hydrogens (tertiary/aromatic N) is 3. The maximum atomic E-state index is 11.9. The average molecular weight is 328 g/mol. The normalized spacial score (nSPS) is 20.0. The number of hydrogen-bond donors (Lipinski definition) is 0. The van der Waals surface area contributed by atoms with Crippen LogP contribution in [0.25, 0.3) is 0 Å². The summed E-state index contributed by atoms with van der Waals surface area (Å²) in [4.78, 5) is 21.1. The Morgan fingerprint density at radius 2 is 2.10 bits per heavy atom. The van der Waals surface area contributed by atoms with Gasteiger partial charge in [0.15, 0.2) is 0 Å². The minimum Gasteiger partial charge on any atom is -0.340 e. The molecule has 1 aliphatic heterocycles. The molecular weight excluding hydrogens is 306 g/mol. The molecule has 0 radical (unpaired) electrons. The number of amides is 1. The van der Waals surface area contributed by atoms with Gasteiger partial charge in [-0.15, -0.1) is 22.9 Å². The lowest BCUT2D eigenvalue weighted by Crippen LogP contribution is -2.48. The maximum absolute atomic E-state index is 11.9. The van der Waals surface area contributed by atoms with Crippen molar-refractivity contribution >= 4 is 28.8 Å². The van der Waals surface area contributed by atoms with Gasteiger partial charge >= 0.3 is 0 Å². The SMILES string of the molecule is O=C(CCCCl)N1CCN(Cc2nc(C3CC3)cs2)CC1. The Morgan fingerprint density at radius 3 is 2.76 bits per heavy atom. The van der Waals surface area contributed by atoms with Gasteiger partial charge in [0.05, 0.1) is 12.2 Å². The van der Waals surface area contributed by atoms with E-state index in [1.54, 1.807) is 11.3 Å². The number of carbonyl (C=O) groups excluding carboxylic acids is 1. The van der Waals surface area contributed by atoms with Gasteiger partial charge in [0.25, 0.3) is 0 Å². The van der Waals surface area contributed by atoms with Crippen LogP contribution >= 0.6 is 22.9 Å². The molecule has 4 nitrogen and oxygen atoms in total. The lowest BCUT2D eigenvalue weighted by molar-refractivity contribution is -0.133. The molecule has 1 saturated heterocycles. The number of carbonyl (C=O) groups is 1. The third-order valence-corrected chi connectivity index (χ3v) is 5.29. The monoisotopic (exact) mass is 327 g/mol. The van der Waals surface area contributed by atoms with Crippen LogP contribution in [-0.2, 0) is 11.3 Å². The van der Waals surface area contributed by atoms with Gasteiger partial charge in [0, 0.05) is 49.8 Å². The average Bonchev–Trinajstić information content (AvgIpc) is 3.26. The molecule has 3 rings (SSSR count). The van der Waals surface area contributed by atoms with Crippen molar-refractivity contribution in [1.29, 1.82) is 0 Å². The van der Waals surface area contributed by atoms with Crippen molar-refractivity contribution in [3.63, 3.8) is 0 Å². The summed E-state index contributed by atoms with van der Waals surface area (Å²) in [7, 11) is 0. The lowest BCUT2D eigenvalue weighted by Gasteiger charge is -2.34. The molecule has 1 aromatic heterocycles. The van der Waals surface area contributed by atoms with Crippen LogP contribution in [0.15, 0.2) is 5.38 Å². The lowest BCUT2D eigenvalue weighted by atomic mass is 10.2. The number of alkyl halides is 1. The summed E-state index contributed by atoms with van der Waals surface area (Å²) in [5.74, 6) is 1.56. The second kappa shape index (κ2) is 7.07. The zero-order chi connectivity index (χ0) is 14.7. The smallest absolute Gasteiger partial charge is 0.222 e. The van der Waals surface area contributed by atoms with Crippen molar-refractivity contribution in [1.82, 2.24) is 14.8 Å². The Hall–Kier alpha value is -0.650.